The average molecular weight is 308 g/mol. The van der Waals surface area contributed by atoms with Crippen LogP contribution >= 0.6 is 0 Å². The minimum absolute atomic E-state index is 0.222. The zero-order valence-electron chi connectivity index (χ0n) is 10.0. The predicted molar refractivity (Wildman–Crippen MR) is 60.1 cm³/mol. The highest BCUT2D eigenvalue weighted by molar-refractivity contribution is 7.79. The van der Waals surface area contributed by atoms with Crippen molar-refractivity contribution >= 4 is 28.3 Å². The largest absolute Gasteiger partial charge is 0.481 e. The first-order chi connectivity index (χ1) is 8.27. The summed E-state index contributed by atoms with van der Waals surface area (Å²) in [6, 6.07) is 0. The minimum Gasteiger partial charge on any atom is -0.481 e. The first-order valence-corrected chi connectivity index (χ1v) is 5.61. The SMILES string of the molecule is CC(=O)O.CCC(=O)O.O=C(O)CO.O=S(=O)(O)O. The van der Waals surface area contributed by atoms with Gasteiger partial charge in [0, 0.05) is 13.3 Å². The van der Waals surface area contributed by atoms with E-state index in [9.17, 15) is 4.79 Å². The molecule has 0 aliphatic rings. The normalized spacial score (nSPS) is 8.26. The highest BCUT2D eigenvalue weighted by Crippen LogP contribution is 1.67. The lowest BCUT2D eigenvalue weighted by Crippen LogP contribution is -1.98. The summed E-state index contributed by atoms with van der Waals surface area (Å²) < 4.78 is 31.6. The molecule has 6 N–H and O–H groups in total. The van der Waals surface area contributed by atoms with Crippen LogP contribution in [0.15, 0.2) is 0 Å². The first kappa shape index (κ1) is 25.9. The molecule has 19 heavy (non-hydrogen) atoms. The van der Waals surface area contributed by atoms with Crippen molar-refractivity contribution in [3.05, 3.63) is 0 Å². The van der Waals surface area contributed by atoms with Gasteiger partial charge >= 0.3 is 22.3 Å². The number of carboxylic acids is 3. The second kappa shape index (κ2) is 16.2. The van der Waals surface area contributed by atoms with Crippen LogP contribution in [0.5, 0.6) is 0 Å². The monoisotopic (exact) mass is 308 g/mol. The van der Waals surface area contributed by atoms with Crippen LogP contribution in [0.3, 0.4) is 0 Å². The van der Waals surface area contributed by atoms with E-state index in [0.29, 0.717) is 0 Å². The Morgan fingerprint density at radius 2 is 1.05 bits per heavy atom. The molecule has 0 aromatic rings. The third kappa shape index (κ3) is 656. The summed E-state index contributed by atoms with van der Waals surface area (Å²) in [6.07, 6.45) is 0.222. The van der Waals surface area contributed by atoms with Gasteiger partial charge in [-0.05, 0) is 0 Å². The molecule has 0 bridgehead atoms. The number of aliphatic hydroxyl groups excluding tert-OH is 1. The van der Waals surface area contributed by atoms with E-state index in [2.05, 4.69) is 0 Å². The second-order valence-corrected chi connectivity index (χ2v) is 3.16. The van der Waals surface area contributed by atoms with Gasteiger partial charge in [0.25, 0.3) is 5.97 Å². The Bertz CT molecular complexity index is 318. The Hall–Kier alpha value is -1.76. The number of aliphatic carboxylic acids is 3. The zero-order valence-corrected chi connectivity index (χ0v) is 10.9. The summed E-state index contributed by atoms with van der Waals surface area (Å²) in [7, 11) is -4.67. The molecule has 0 aromatic carbocycles. The molecule has 0 heterocycles. The highest BCUT2D eigenvalue weighted by Gasteiger charge is 1.84. The molecule has 0 atom stereocenters. The molecule has 0 amide bonds. The van der Waals surface area contributed by atoms with Crippen molar-refractivity contribution in [2.24, 2.45) is 0 Å². The van der Waals surface area contributed by atoms with Gasteiger partial charge in [-0.3, -0.25) is 18.7 Å². The number of carboxylic acid groups (broad SMARTS) is 3. The van der Waals surface area contributed by atoms with Gasteiger partial charge in [-0.25, -0.2) is 4.79 Å². The topological polar surface area (TPSA) is 207 Å². The van der Waals surface area contributed by atoms with Crippen LogP contribution in [0.4, 0.5) is 0 Å². The van der Waals surface area contributed by atoms with E-state index < -0.39 is 34.9 Å². The van der Waals surface area contributed by atoms with Gasteiger partial charge in [0.2, 0.25) is 0 Å². The maximum absolute atomic E-state index is 9.37. The molecule has 0 aromatic heterocycles. The molecule has 11 nitrogen and oxygen atoms in total. The van der Waals surface area contributed by atoms with E-state index in [0.717, 1.165) is 6.92 Å². The lowest BCUT2D eigenvalue weighted by Gasteiger charge is -1.72. The molecule has 116 valence electrons. The van der Waals surface area contributed by atoms with Gasteiger partial charge in [0.15, 0.2) is 0 Å². The molecule has 0 fully saturated rings. The average Bonchev–Trinajstić information content (AvgIpc) is 2.15. The smallest absolute Gasteiger partial charge is 0.394 e. The first-order valence-electron chi connectivity index (χ1n) is 4.21. The standard InChI is InChI=1S/C3H6O2.C2H4O3.C2H4O2.H2O4S/c1-2-3(4)5;3-1-2(4)5;1-2(3)4;1-5(2,3)4/h2H2,1H3,(H,4,5);3H,1H2,(H,4,5);1H3,(H,3,4);(H2,1,2,3,4). The minimum atomic E-state index is -4.67. The van der Waals surface area contributed by atoms with E-state index in [1.54, 1.807) is 6.92 Å². The van der Waals surface area contributed by atoms with E-state index in [1.165, 1.54) is 0 Å². The van der Waals surface area contributed by atoms with Crippen LogP contribution in [-0.4, -0.2) is 62.5 Å². The lowest BCUT2D eigenvalue weighted by molar-refractivity contribution is -0.140. The van der Waals surface area contributed by atoms with Crippen molar-refractivity contribution in [3.8, 4) is 0 Å². The fourth-order valence-corrected chi connectivity index (χ4v) is 0. The summed E-state index contributed by atoms with van der Waals surface area (Å²) in [5.41, 5.74) is 0. The number of aliphatic hydroxyl groups is 1. The highest BCUT2D eigenvalue weighted by atomic mass is 32.3. The summed E-state index contributed by atoms with van der Waals surface area (Å²) in [5, 5.41) is 30.2. The fraction of sp³-hybridized carbons (Fsp3) is 0.571. The second-order valence-electron chi connectivity index (χ2n) is 2.27. The van der Waals surface area contributed by atoms with Crippen molar-refractivity contribution in [3.63, 3.8) is 0 Å². The molecule has 0 aliphatic heterocycles. The van der Waals surface area contributed by atoms with E-state index in [4.69, 9.17) is 47.5 Å². The Morgan fingerprint density at radius 3 is 1.05 bits per heavy atom. The van der Waals surface area contributed by atoms with Gasteiger partial charge in [-0.2, -0.15) is 8.42 Å². The van der Waals surface area contributed by atoms with Crippen LogP contribution in [0.25, 0.3) is 0 Å². The number of rotatable bonds is 2. The van der Waals surface area contributed by atoms with Crippen LogP contribution in [0.1, 0.15) is 20.3 Å². The molecule has 0 rings (SSSR count). The number of carbonyl (C=O) groups is 3. The van der Waals surface area contributed by atoms with Crippen molar-refractivity contribution in [2.75, 3.05) is 6.61 Å². The van der Waals surface area contributed by atoms with Gasteiger partial charge < -0.3 is 20.4 Å². The molecular formula is C7H16O11S. The quantitative estimate of drug-likeness (QED) is 0.340. The van der Waals surface area contributed by atoms with E-state index >= 15 is 0 Å². The summed E-state index contributed by atoms with van der Waals surface area (Å²) in [4.78, 5) is 27.5. The lowest BCUT2D eigenvalue weighted by atomic mass is 10.5. The van der Waals surface area contributed by atoms with Crippen LogP contribution in [0, 0.1) is 0 Å². The predicted octanol–water partition coefficient (Wildman–Crippen LogP) is -1.02. The van der Waals surface area contributed by atoms with Gasteiger partial charge in [0.1, 0.15) is 6.61 Å². The van der Waals surface area contributed by atoms with Gasteiger partial charge in [0.05, 0.1) is 0 Å². The third-order valence-electron chi connectivity index (χ3n) is 0.438. The Morgan fingerprint density at radius 1 is 0.947 bits per heavy atom. The Kier molecular flexibility index (Phi) is 22.2. The van der Waals surface area contributed by atoms with Crippen molar-refractivity contribution < 1.29 is 52.3 Å². The van der Waals surface area contributed by atoms with Crippen molar-refractivity contribution in [2.45, 2.75) is 20.3 Å². The molecule has 12 heteroatoms. The Balaban J connectivity index is -0.0000000793. The molecule has 0 saturated carbocycles. The van der Waals surface area contributed by atoms with E-state index in [-0.39, 0.29) is 6.42 Å². The molecular weight excluding hydrogens is 292 g/mol. The molecule has 0 aliphatic carbocycles. The van der Waals surface area contributed by atoms with Crippen LogP contribution < -0.4 is 0 Å². The van der Waals surface area contributed by atoms with Crippen molar-refractivity contribution in [1.29, 1.82) is 0 Å². The maximum atomic E-state index is 9.37. The summed E-state index contributed by atoms with van der Waals surface area (Å²) in [6.45, 7) is 1.91. The molecule has 0 spiro atoms. The summed E-state index contributed by atoms with van der Waals surface area (Å²) >= 11 is 0. The fourth-order valence-electron chi connectivity index (χ4n) is 0. The van der Waals surface area contributed by atoms with Crippen molar-refractivity contribution in [1.82, 2.24) is 0 Å². The van der Waals surface area contributed by atoms with Crippen LogP contribution in [-0.2, 0) is 24.8 Å². The molecule has 0 saturated heterocycles. The number of hydrogen-bond acceptors (Lipinski definition) is 6. The zero-order chi connectivity index (χ0) is 16.6. The van der Waals surface area contributed by atoms with Gasteiger partial charge in [-0.15, -0.1) is 0 Å². The van der Waals surface area contributed by atoms with E-state index in [1.807, 2.05) is 0 Å². The molecule has 0 radical (unpaired) electrons. The van der Waals surface area contributed by atoms with Crippen LogP contribution in [0.2, 0.25) is 0 Å². The maximum Gasteiger partial charge on any atom is 0.394 e. The third-order valence-corrected chi connectivity index (χ3v) is 0.438. The summed E-state index contributed by atoms with van der Waals surface area (Å²) in [5.74, 6) is -2.77. The number of hydrogen-bond donors (Lipinski definition) is 6. The molecule has 0 unspecified atom stereocenters. The van der Waals surface area contributed by atoms with Gasteiger partial charge in [-0.1, -0.05) is 6.92 Å². The Labute approximate surface area is 108 Å².